The average Bonchev–Trinajstić information content (AvgIpc) is 2.58. The SMILES string of the molecule is CCCOCc1ccccc1CNC(=NC)NCCCOCC. The molecule has 0 unspecified atom stereocenters. The van der Waals surface area contributed by atoms with Crippen molar-refractivity contribution in [2.24, 2.45) is 4.99 Å². The van der Waals surface area contributed by atoms with Gasteiger partial charge < -0.3 is 20.1 Å². The third-order valence-electron chi connectivity index (χ3n) is 3.36. The third kappa shape index (κ3) is 8.57. The highest BCUT2D eigenvalue weighted by Crippen LogP contribution is 2.10. The molecule has 0 atom stereocenters. The third-order valence-corrected chi connectivity index (χ3v) is 3.36. The van der Waals surface area contributed by atoms with Crippen LogP contribution in [0.4, 0.5) is 0 Å². The second kappa shape index (κ2) is 12.9. The quantitative estimate of drug-likeness (QED) is 0.374. The van der Waals surface area contributed by atoms with Crippen LogP contribution in [0.15, 0.2) is 29.3 Å². The van der Waals surface area contributed by atoms with E-state index in [4.69, 9.17) is 9.47 Å². The average molecular weight is 321 g/mol. The Morgan fingerprint density at radius 3 is 2.52 bits per heavy atom. The smallest absolute Gasteiger partial charge is 0.191 e. The van der Waals surface area contributed by atoms with Crippen molar-refractivity contribution in [2.75, 3.05) is 33.4 Å². The summed E-state index contributed by atoms with van der Waals surface area (Å²) in [7, 11) is 1.79. The lowest BCUT2D eigenvalue weighted by Crippen LogP contribution is -2.37. The van der Waals surface area contributed by atoms with Gasteiger partial charge in [-0.05, 0) is 30.9 Å². The van der Waals surface area contributed by atoms with Gasteiger partial charge in [0.2, 0.25) is 0 Å². The highest BCUT2D eigenvalue weighted by molar-refractivity contribution is 5.79. The van der Waals surface area contributed by atoms with Gasteiger partial charge >= 0.3 is 0 Å². The number of nitrogens with zero attached hydrogens (tertiary/aromatic N) is 1. The first-order valence-corrected chi connectivity index (χ1v) is 8.48. The molecule has 130 valence electrons. The van der Waals surface area contributed by atoms with Crippen LogP contribution in [0.2, 0.25) is 0 Å². The van der Waals surface area contributed by atoms with Crippen LogP contribution >= 0.6 is 0 Å². The van der Waals surface area contributed by atoms with Gasteiger partial charge in [0.05, 0.1) is 6.61 Å². The summed E-state index contributed by atoms with van der Waals surface area (Å²) in [5.74, 6) is 0.811. The number of hydrogen-bond acceptors (Lipinski definition) is 3. The topological polar surface area (TPSA) is 54.9 Å². The van der Waals surface area contributed by atoms with Crippen LogP contribution < -0.4 is 10.6 Å². The Hall–Kier alpha value is -1.59. The Balaban J connectivity index is 2.39. The predicted octanol–water partition coefficient (Wildman–Crippen LogP) is 2.70. The van der Waals surface area contributed by atoms with Crippen molar-refractivity contribution >= 4 is 5.96 Å². The lowest BCUT2D eigenvalue weighted by Gasteiger charge is -2.14. The summed E-state index contributed by atoms with van der Waals surface area (Å²) in [4.78, 5) is 4.25. The Kier molecular flexibility index (Phi) is 10.9. The number of benzene rings is 1. The van der Waals surface area contributed by atoms with E-state index in [0.29, 0.717) is 6.61 Å². The summed E-state index contributed by atoms with van der Waals surface area (Å²) in [6.07, 6.45) is 2.01. The molecule has 0 bridgehead atoms. The molecule has 2 N–H and O–H groups in total. The molecule has 0 fully saturated rings. The van der Waals surface area contributed by atoms with Crippen LogP contribution in [0.1, 0.15) is 37.8 Å². The maximum absolute atomic E-state index is 5.66. The Morgan fingerprint density at radius 2 is 1.83 bits per heavy atom. The minimum Gasteiger partial charge on any atom is -0.382 e. The molecule has 0 aliphatic rings. The zero-order chi connectivity index (χ0) is 16.8. The fraction of sp³-hybridized carbons (Fsp3) is 0.611. The fourth-order valence-electron chi connectivity index (χ4n) is 2.12. The zero-order valence-corrected chi connectivity index (χ0v) is 14.7. The lowest BCUT2D eigenvalue weighted by molar-refractivity contribution is 0.121. The van der Waals surface area contributed by atoms with E-state index in [-0.39, 0.29) is 0 Å². The predicted molar refractivity (Wildman–Crippen MR) is 95.7 cm³/mol. The van der Waals surface area contributed by atoms with Gasteiger partial charge in [-0.1, -0.05) is 31.2 Å². The zero-order valence-electron chi connectivity index (χ0n) is 14.7. The minimum absolute atomic E-state index is 0.659. The van der Waals surface area contributed by atoms with Crippen LogP contribution in [0.25, 0.3) is 0 Å². The highest BCUT2D eigenvalue weighted by atomic mass is 16.5. The summed E-state index contributed by atoms with van der Waals surface area (Å²) in [5.41, 5.74) is 2.46. The summed E-state index contributed by atoms with van der Waals surface area (Å²) < 4.78 is 11.0. The molecule has 0 aromatic heterocycles. The first-order chi connectivity index (χ1) is 11.3. The second-order valence-electron chi connectivity index (χ2n) is 5.22. The van der Waals surface area contributed by atoms with Crippen molar-refractivity contribution in [1.29, 1.82) is 0 Å². The molecule has 0 spiro atoms. The molecular weight excluding hydrogens is 290 g/mol. The number of nitrogens with one attached hydrogen (secondary N) is 2. The molecular formula is C18H31N3O2. The van der Waals surface area contributed by atoms with Crippen LogP contribution in [-0.2, 0) is 22.6 Å². The molecule has 23 heavy (non-hydrogen) atoms. The number of ether oxygens (including phenoxy) is 2. The monoisotopic (exact) mass is 321 g/mol. The van der Waals surface area contributed by atoms with Gasteiger partial charge in [0, 0.05) is 40.0 Å². The molecule has 0 heterocycles. The first-order valence-electron chi connectivity index (χ1n) is 8.48. The Bertz CT molecular complexity index is 450. The number of hydrogen-bond donors (Lipinski definition) is 2. The molecule has 0 radical (unpaired) electrons. The van der Waals surface area contributed by atoms with E-state index in [1.165, 1.54) is 11.1 Å². The number of guanidine groups is 1. The standard InChI is InChI=1S/C18H31N3O2/c1-4-12-23-15-17-10-7-6-9-16(17)14-21-18(19-3)20-11-8-13-22-5-2/h6-7,9-10H,4-5,8,11-15H2,1-3H3,(H2,19,20,21). The molecule has 0 saturated heterocycles. The maximum atomic E-state index is 5.66. The van der Waals surface area contributed by atoms with Gasteiger partial charge in [-0.15, -0.1) is 0 Å². The van der Waals surface area contributed by atoms with Crippen molar-refractivity contribution < 1.29 is 9.47 Å². The van der Waals surface area contributed by atoms with E-state index >= 15 is 0 Å². The van der Waals surface area contributed by atoms with Crippen LogP contribution in [-0.4, -0.2) is 39.4 Å². The van der Waals surface area contributed by atoms with Crippen LogP contribution in [0, 0.1) is 0 Å². The van der Waals surface area contributed by atoms with E-state index in [0.717, 1.165) is 51.7 Å². The van der Waals surface area contributed by atoms with Gasteiger partial charge in [-0.2, -0.15) is 0 Å². The molecule has 5 nitrogen and oxygen atoms in total. The van der Waals surface area contributed by atoms with Gasteiger partial charge in [0.25, 0.3) is 0 Å². The van der Waals surface area contributed by atoms with E-state index in [2.05, 4.69) is 46.8 Å². The van der Waals surface area contributed by atoms with Crippen LogP contribution in [0.5, 0.6) is 0 Å². The van der Waals surface area contributed by atoms with E-state index in [9.17, 15) is 0 Å². The summed E-state index contributed by atoms with van der Waals surface area (Å²) in [6.45, 7) is 8.71. The molecule has 1 aromatic rings. The molecule has 1 aromatic carbocycles. The summed E-state index contributed by atoms with van der Waals surface area (Å²) in [5, 5.41) is 6.65. The lowest BCUT2D eigenvalue weighted by atomic mass is 10.1. The van der Waals surface area contributed by atoms with Gasteiger partial charge in [-0.3, -0.25) is 4.99 Å². The van der Waals surface area contributed by atoms with Crippen molar-refractivity contribution in [3.63, 3.8) is 0 Å². The maximum Gasteiger partial charge on any atom is 0.191 e. The number of aliphatic imine (C=N–C) groups is 1. The molecule has 5 heteroatoms. The van der Waals surface area contributed by atoms with E-state index in [1.807, 2.05) is 6.92 Å². The molecule has 0 saturated carbocycles. The van der Waals surface area contributed by atoms with Crippen molar-refractivity contribution in [3.05, 3.63) is 35.4 Å². The molecule has 0 aliphatic carbocycles. The van der Waals surface area contributed by atoms with Crippen molar-refractivity contribution in [2.45, 2.75) is 39.8 Å². The van der Waals surface area contributed by atoms with Crippen molar-refractivity contribution in [3.8, 4) is 0 Å². The highest BCUT2D eigenvalue weighted by Gasteiger charge is 2.03. The minimum atomic E-state index is 0.659. The van der Waals surface area contributed by atoms with Gasteiger partial charge in [0.15, 0.2) is 5.96 Å². The van der Waals surface area contributed by atoms with Crippen LogP contribution in [0.3, 0.4) is 0 Å². The first kappa shape index (κ1) is 19.5. The van der Waals surface area contributed by atoms with Gasteiger partial charge in [0.1, 0.15) is 0 Å². The molecule has 1 rings (SSSR count). The largest absolute Gasteiger partial charge is 0.382 e. The normalized spacial score (nSPS) is 11.5. The summed E-state index contributed by atoms with van der Waals surface area (Å²) >= 11 is 0. The van der Waals surface area contributed by atoms with E-state index < -0.39 is 0 Å². The summed E-state index contributed by atoms with van der Waals surface area (Å²) in [6, 6.07) is 8.35. The molecule has 0 aliphatic heterocycles. The van der Waals surface area contributed by atoms with E-state index in [1.54, 1.807) is 7.05 Å². The fourth-order valence-corrected chi connectivity index (χ4v) is 2.12. The number of rotatable bonds is 11. The van der Waals surface area contributed by atoms with Gasteiger partial charge in [-0.25, -0.2) is 0 Å². The Labute approximate surface area is 140 Å². The molecule has 0 amide bonds. The Morgan fingerprint density at radius 1 is 1.04 bits per heavy atom. The van der Waals surface area contributed by atoms with Crippen molar-refractivity contribution in [1.82, 2.24) is 10.6 Å². The second-order valence-corrected chi connectivity index (χ2v) is 5.22.